The Morgan fingerprint density at radius 2 is 0.500 bits per heavy atom. The zero-order valence-electron chi connectivity index (χ0n) is 31.9. The Labute approximate surface area is 338 Å². The Morgan fingerprint density at radius 1 is 0.241 bits per heavy atom. The van der Waals surface area contributed by atoms with E-state index in [0.29, 0.717) is 0 Å². The van der Waals surface area contributed by atoms with Gasteiger partial charge in [-0.1, -0.05) is 133 Å². The van der Waals surface area contributed by atoms with E-state index in [1.807, 2.05) is 0 Å². The number of hydrogen-bond acceptors (Lipinski definition) is 2. The van der Waals surface area contributed by atoms with Crippen LogP contribution in [0.4, 0.5) is 34.1 Å². The Morgan fingerprint density at radius 3 is 0.810 bits per heavy atom. The molecule has 0 unspecified atom stereocenters. The summed E-state index contributed by atoms with van der Waals surface area (Å²) in [4.78, 5) is 4.86. The van der Waals surface area contributed by atoms with Crippen molar-refractivity contribution in [2.45, 2.75) is 12.8 Å². The molecule has 10 aromatic carbocycles. The van der Waals surface area contributed by atoms with Gasteiger partial charge >= 0.3 is 0 Å². The molecule has 58 heavy (non-hydrogen) atoms. The van der Waals surface area contributed by atoms with Gasteiger partial charge in [0.15, 0.2) is 0 Å². The molecule has 0 atom stereocenters. The van der Waals surface area contributed by atoms with Gasteiger partial charge in [0.2, 0.25) is 0 Å². The highest BCUT2D eigenvalue weighted by molar-refractivity contribution is 6.04. The van der Waals surface area contributed by atoms with Gasteiger partial charge in [0.1, 0.15) is 0 Å². The number of anilines is 6. The number of benzene rings is 10. The zero-order chi connectivity index (χ0) is 38.2. The smallest absolute Gasteiger partial charge is 0.0468 e. The number of nitrogens with zero attached hydrogens (tertiary/aromatic N) is 2. The zero-order valence-corrected chi connectivity index (χ0v) is 31.9. The fourth-order valence-corrected chi connectivity index (χ4v) is 9.59. The second-order valence-corrected chi connectivity index (χ2v) is 15.8. The molecule has 0 amide bonds. The maximum Gasteiger partial charge on any atom is 0.0468 e. The summed E-state index contributed by atoms with van der Waals surface area (Å²) in [7, 11) is 0. The van der Waals surface area contributed by atoms with Crippen molar-refractivity contribution in [3.63, 3.8) is 0 Å². The van der Waals surface area contributed by atoms with Crippen LogP contribution < -0.4 is 9.80 Å². The average molecular weight is 739 g/mol. The fraction of sp³-hybridized carbons (Fsp3) is 0.0357. The van der Waals surface area contributed by atoms with E-state index < -0.39 is 0 Å². The van der Waals surface area contributed by atoms with Crippen LogP contribution in [0.2, 0.25) is 0 Å². The number of hydrogen-bond donors (Lipinski definition) is 0. The summed E-state index contributed by atoms with van der Waals surface area (Å²) >= 11 is 0. The molecule has 2 aliphatic rings. The van der Waals surface area contributed by atoms with E-state index in [1.54, 1.807) is 0 Å². The highest BCUT2D eigenvalue weighted by Gasteiger charge is 2.31. The minimum atomic E-state index is 0.938. The minimum Gasteiger partial charge on any atom is -0.310 e. The number of rotatable bonds is 6. The van der Waals surface area contributed by atoms with Crippen molar-refractivity contribution in [1.29, 1.82) is 0 Å². The summed E-state index contributed by atoms with van der Waals surface area (Å²) in [5.74, 6) is 0. The van der Waals surface area contributed by atoms with Gasteiger partial charge in [0, 0.05) is 34.1 Å². The van der Waals surface area contributed by atoms with Gasteiger partial charge in [-0.25, -0.2) is 0 Å². The summed E-state index contributed by atoms with van der Waals surface area (Å²) in [6.07, 6.45) is 1.88. The van der Waals surface area contributed by atoms with Crippen molar-refractivity contribution in [2.75, 3.05) is 9.80 Å². The molecule has 0 saturated carbocycles. The van der Waals surface area contributed by atoms with E-state index in [0.717, 1.165) is 35.6 Å². The third-order valence-electron chi connectivity index (χ3n) is 12.4. The number of allylic oxidation sites excluding steroid dienone is 2. The average Bonchev–Trinajstić information content (AvgIpc) is 3.82. The molecular formula is C56H38N2. The topological polar surface area (TPSA) is 6.48 Å². The molecule has 0 N–H and O–H groups in total. The second kappa shape index (κ2) is 13.1. The van der Waals surface area contributed by atoms with Crippen LogP contribution in [0.25, 0.3) is 54.2 Å². The van der Waals surface area contributed by atoms with Crippen LogP contribution in [-0.4, -0.2) is 0 Å². The maximum atomic E-state index is 2.44. The lowest BCUT2D eigenvalue weighted by molar-refractivity contribution is 1.22. The van der Waals surface area contributed by atoms with E-state index in [-0.39, 0.29) is 0 Å². The Balaban J connectivity index is 0.912. The summed E-state index contributed by atoms with van der Waals surface area (Å²) in [5.41, 5.74) is 15.5. The van der Waals surface area contributed by atoms with Crippen molar-refractivity contribution >= 4 is 88.4 Å². The maximum absolute atomic E-state index is 2.44. The molecule has 0 saturated heterocycles. The lowest BCUT2D eigenvalue weighted by atomic mass is 9.97. The normalized spacial score (nSPS) is 13.0. The van der Waals surface area contributed by atoms with Crippen molar-refractivity contribution in [1.82, 2.24) is 0 Å². The van der Waals surface area contributed by atoms with Gasteiger partial charge in [-0.3, -0.25) is 0 Å². The summed E-state index contributed by atoms with van der Waals surface area (Å²) in [6, 6.07) is 76.1. The molecule has 0 heterocycles. The molecule has 2 heteroatoms. The van der Waals surface area contributed by atoms with Crippen molar-refractivity contribution in [3.05, 3.63) is 229 Å². The second-order valence-electron chi connectivity index (χ2n) is 15.8. The Kier molecular flexibility index (Phi) is 7.39. The van der Waals surface area contributed by atoms with Crippen LogP contribution in [0.5, 0.6) is 0 Å². The molecule has 0 radical (unpaired) electrons. The SMILES string of the molecule is c1ccc2cc(N(c3ccc4c(c3)CC3=C4Cc4cc(N(c5ccc6ccccc6c5)c5ccc6ccccc6c5)ccc43)c3ccc4ccccc4c3)ccc2c1. The van der Waals surface area contributed by atoms with E-state index >= 15 is 0 Å². The monoisotopic (exact) mass is 738 g/mol. The van der Waals surface area contributed by atoms with Crippen molar-refractivity contribution in [2.24, 2.45) is 0 Å². The summed E-state index contributed by atoms with van der Waals surface area (Å²) in [6.45, 7) is 0. The predicted molar refractivity (Wildman–Crippen MR) is 246 cm³/mol. The highest BCUT2D eigenvalue weighted by atomic mass is 15.1. The highest BCUT2D eigenvalue weighted by Crippen LogP contribution is 2.50. The molecule has 12 rings (SSSR count). The third kappa shape index (κ3) is 5.41. The Hall–Kier alpha value is -7.42. The van der Waals surface area contributed by atoms with E-state index in [4.69, 9.17) is 0 Å². The van der Waals surface area contributed by atoms with Gasteiger partial charge in [0.25, 0.3) is 0 Å². The Bertz CT molecular complexity index is 2940. The molecule has 0 bridgehead atoms. The molecule has 0 aromatic heterocycles. The molecule has 10 aromatic rings. The number of fused-ring (bicyclic) bond motifs is 8. The minimum absolute atomic E-state index is 0.938. The van der Waals surface area contributed by atoms with Crippen LogP contribution in [-0.2, 0) is 12.8 Å². The van der Waals surface area contributed by atoms with Crippen LogP contribution in [0.15, 0.2) is 206 Å². The lowest BCUT2D eigenvalue weighted by Crippen LogP contribution is -2.11. The van der Waals surface area contributed by atoms with Crippen LogP contribution in [0, 0.1) is 0 Å². The van der Waals surface area contributed by atoms with Gasteiger partial charge in [0.05, 0.1) is 0 Å². The largest absolute Gasteiger partial charge is 0.310 e. The van der Waals surface area contributed by atoms with Gasteiger partial charge in [-0.15, -0.1) is 0 Å². The van der Waals surface area contributed by atoms with Crippen LogP contribution in [0.1, 0.15) is 22.3 Å². The first-order chi connectivity index (χ1) is 28.7. The predicted octanol–water partition coefficient (Wildman–Crippen LogP) is 15.3. The van der Waals surface area contributed by atoms with Crippen molar-refractivity contribution in [3.8, 4) is 0 Å². The molecular weight excluding hydrogens is 701 g/mol. The fourth-order valence-electron chi connectivity index (χ4n) is 9.59. The van der Waals surface area contributed by atoms with Crippen molar-refractivity contribution < 1.29 is 0 Å². The van der Waals surface area contributed by atoms with Gasteiger partial charge in [-0.2, -0.15) is 0 Å². The first kappa shape index (κ1) is 32.8. The molecule has 2 aliphatic carbocycles. The standard InChI is InChI=1S/C56H38N2/c1-5-13-41-29-47(21-17-37(41)9-1)57(48-22-18-38-10-2-6-14-42(38)30-48)51-25-27-53-45(33-51)35-55-54-28-26-52(34-46(54)36-56(53)55)58(49-23-19-39-11-3-7-15-43(39)31-49)50-24-20-40-12-4-8-16-44(40)32-50/h1-34H,35-36H2. The van der Waals surface area contributed by atoms with E-state index in [2.05, 4.69) is 216 Å². The summed E-state index contributed by atoms with van der Waals surface area (Å²) < 4.78 is 0. The van der Waals surface area contributed by atoms with E-state index in [1.165, 1.54) is 87.9 Å². The molecule has 0 aliphatic heterocycles. The summed E-state index contributed by atoms with van der Waals surface area (Å²) in [5, 5.41) is 9.95. The van der Waals surface area contributed by atoms with E-state index in [9.17, 15) is 0 Å². The quantitative estimate of drug-likeness (QED) is 0.168. The van der Waals surface area contributed by atoms with Gasteiger partial charge in [-0.05, 0) is 162 Å². The molecule has 2 nitrogen and oxygen atoms in total. The lowest BCUT2D eigenvalue weighted by Gasteiger charge is -2.27. The van der Waals surface area contributed by atoms with Crippen LogP contribution in [0.3, 0.4) is 0 Å². The van der Waals surface area contributed by atoms with Gasteiger partial charge < -0.3 is 9.80 Å². The first-order valence-corrected chi connectivity index (χ1v) is 20.2. The van der Waals surface area contributed by atoms with Crippen LogP contribution >= 0.6 is 0 Å². The first-order valence-electron chi connectivity index (χ1n) is 20.2. The molecule has 0 fully saturated rings. The molecule has 0 spiro atoms. The molecule has 272 valence electrons. The third-order valence-corrected chi connectivity index (χ3v) is 12.4.